The Labute approximate surface area is 173 Å². The van der Waals surface area contributed by atoms with Gasteiger partial charge in [0.05, 0.1) is 19.5 Å². The van der Waals surface area contributed by atoms with Crippen LogP contribution in [0.2, 0.25) is 0 Å². The summed E-state index contributed by atoms with van der Waals surface area (Å²) in [5.74, 6) is 0.385. The minimum Gasteiger partial charge on any atom is -0.504 e. The van der Waals surface area contributed by atoms with Gasteiger partial charge in [-0.1, -0.05) is 18.2 Å². The molecule has 0 radical (unpaired) electrons. The Bertz CT molecular complexity index is 668. The molecule has 1 heterocycles. The van der Waals surface area contributed by atoms with Crippen molar-refractivity contribution >= 4 is 17.5 Å². The topological polar surface area (TPSA) is 44.8 Å². The highest BCUT2D eigenvalue weighted by Gasteiger charge is 2.46. The third-order valence-corrected chi connectivity index (χ3v) is 7.48. The maximum absolute atomic E-state index is 12.4. The number of methoxy groups -OCH3 is 1. The number of carbonyl (C=O) groups excluding carboxylic acids is 1. The van der Waals surface area contributed by atoms with Crippen LogP contribution in [0.15, 0.2) is 47.1 Å². The minimum absolute atomic E-state index is 0.00205. The first-order chi connectivity index (χ1) is 13.5. The monoisotopic (exact) mass is 404 g/mol. The second-order valence-corrected chi connectivity index (χ2v) is 9.44. The zero-order valence-electron chi connectivity index (χ0n) is 17.2. The zero-order chi connectivity index (χ0) is 20.0. The van der Waals surface area contributed by atoms with Gasteiger partial charge in [0.1, 0.15) is 5.78 Å². The molecule has 1 aliphatic carbocycles. The van der Waals surface area contributed by atoms with Gasteiger partial charge in [0.25, 0.3) is 0 Å². The molecule has 4 nitrogen and oxygen atoms in total. The van der Waals surface area contributed by atoms with Crippen LogP contribution in [-0.2, 0) is 19.0 Å². The summed E-state index contributed by atoms with van der Waals surface area (Å²) in [4.78, 5) is 13.6. The smallest absolute Gasteiger partial charge is 0.157 e. The highest BCUT2D eigenvalue weighted by atomic mass is 32.2. The molecule has 0 aromatic heterocycles. The Morgan fingerprint density at radius 1 is 1.25 bits per heavy atom. The molecule has 1 aromatic carbocycles. The molecular formula is C23H32O4S. The van der Waals surface area contributed by atoms with E-state index < -0.39 is 0 Å². The van der Waals surface area contributed by atoms with Gasteiger partial charge >= 0.3 is 0 Å². The fourth-order valence-corrected chi connectivity index (χ4v) is 5.56. The van der Waals surface area contributed by atoms with Crippen molar-refractivity contribution in [1.82, 2.24) is 0 Å². The van der Waals surface area contributed by atoms with Crippen LogP contribution in [0, 0.1) is 5.92 Å². The van der Waals surface area contributed by atoms with Crippen LogP contribution >= 0.6 is 11.8 Å². The van der Waals surface area contributed by atoms with Gasteiger partial charge in [-0.05, 0) is 57.2 Å². The largest absolute Gasteiger partial charge is 0.504 e. The molecule has 1 aliphatic heterocycles. The van der Waals surface area contributed by atoms with Gasteiger partial charge in [-0.25, -0.2) is 0 Å². The molecule has 2 fully saturated rings. The molecular weight excluding hydrogens is 372 g/mol. The Morgan fingerprint density at radius 2 is 2.04 bits per heavy atom. The first-order valence-corrected chi connectivity index (χ1v) is 11.1. The fourth-order valence-electron chi connectivity index (χ4n) is 4.18. The standard InChI is InChI=1S/C23H32O4S/c1-17(16-25-3)23(2,28-19-9-5-4-6-10-19)20-15-18(24)12-13-21(20)27-22-11-7-8-14-26-22/h4-6,9-10,16,20-22H,7-8,11-15H2,1-3H3. The van der Waals surface area contributed by atoms with Crippen molar-refractivity contribution in [2.75, 3.05) is 13.7 Å². The van der Waals surface area contributed by atoms with Crippen molar-refractivity contribution in [1.29, 1.82) is 0 Å². The van der Waals surface area contributed by atoms with E-state index in [1.54, 1.807) is 18.9 Å². The molecule has 1 aromatic rings. The number of Topliss-reactive ketones (excluding diaryl/α,β-unsaturated/α-hetero) is 1. The van der Waals surface area contributed by atoms with Gasteiger partial charge in [0, 0.05) is 35.0 Å². The molecule has 4 unspecified atom stereocenters. The number of ketones is 1. The zero-order valence-corrected chi connectivity index (χ0v) is 18.0. The van der Waals surface area contributed by atoms with E-state index in [1.165, 1.54) is 4.90 Å². The summed E-state index contributed by atoms with van der Waals surface area (Å²) in [5, 5.41) is 0. The van der Waals surface area contributed by atoms with Crippen LogP contribution in [0.25, 0.3) is 0 Å². The number of thioether (sulfide) groups is 1. The number of hydrogen-bond donors (Lipinski definition) is 0. The SMILES string of the molecule is COC=C(C)C(C)(Sc1ccccc1)C1CC(=O)CCC1OC1CCCCO1. The predicted molar refractivity (Wildman–Crippen MR) is 112 cm³/mol. The maximum atomic E-state index is 12.4. The van der Waals surface area contributed by atoms with E-state index in [1.807, 2.05) is 24.5 Å². The lowest BCUT2D eigenvalue weighted by atomic mass is 9.74. The lowest BCUT2D eigenvalue weighted by Gasteiger charge is -2.45. The molecule has 0 bridgehead atoms. The van der Waals surface area contributed by atoms with Gasteiger partial charge < -0.3 is 14.2 Å². The van der Waals surface area contributed by atoms with Crippen molar-refractivity contribution in [3.8, 4) is 0 Å². The van der Waals surface area contributed by atoms with Crippen LogP contribution < -0.4 is 0 Å². The van der Waals surface area contributed by atoms with E-state index in [0.29, 0.717) is 18.6 Å². The highest BCUT2D eigenvalue weighted by Crippen LogP contribution is 2.49. The lowest BCUT2D eigenvalue weighted by Crippen LogP contribution is -2.47. The molecule has 5 heteroatoms. The van der Waals surface area contributed by atoms with Crippen LogP contribution in [0.4, 0.5) is 0 Å². The summed E-state index contributed by atoms with van der Waals surface area (Å²) < 4.78 is 17.3. The van der Waals surface area contributed by atoms with Gasteiger partial charge in [-0.2, -0.15) is 0 Å². The minimum atomic E-state index is -0.313. The number of ether oxygens (including phenoxy) is 3. The van der Waals surface area contributed by atoms with E-state index in [0.717, 1.165) is 37.9 Å². The van der Waals surface area contributed by atoms with Gasteiger partial charge in [0.15, 0.2) is 6.29 Å². The normalized spacial score (nSPS) is 28.6. The fraction of sp³-hybridized carbons (Fsp3) is 0.609. The molecule has 1 saturated carbocycles. The second-order valence-electron chi connectivity index (χ2n) is 7.92. The van der Waals surface area contributed by atoms with Crippen LogP contribution in [0.3, 0.4) is 0 Å². The average Bonchev–Trinajstić information content (AvgIpc) is 2.71. The molecule has 2 aliphatic rings. The molecule has 154 valence electrons. The molecule has 28 heavy (non-hydrogen) atoms. The number of hydrogen-bond acceptors (Lipinski definition) is 5. The molecule has 4 atom stereocenters. The number of carbonyl (C=O) groups is 1. The van der Waals surface area contributed by atoms with Crippen molar-refractivity contribution in [2.45, 2.75) is 74.4 Å². The molecule has 3 rings (SSSR count). The van der Waals surface area contributed by atoms with Crippen molar-refractivity contribution in [2.24, 2.45) is 5.92 Å². The quantitative estimate of drug-likeness (QED) is 0.452. The third-order valence-electron chi connectivity index (χ3n) is 5.93. The van der Waals surface area contributed by atoms with E-state index in [9.17, 15) is 4.79 Å². The Morgan fingerprint density at radius 3 is 2.71 bits per heavy atom. The summed E-state index contributed by atoms with van der Waals surface area (Å²) in [6.45, 7) is 5.07. The second kappa shape index (κ2) is 9.95. The van der Waals surface area contributed by atoms with E-state index in [4.69, 9.17) is 14.2 Å². The summed E-state index contributed by atoms with van der Waals surface area (Å²) in [5.41, 5.74) is 1.11. The van der Waals surface area contributed by atoms with Crippen LogP contribution in [-0.4, -0.2) is 36.6 Å². The van der Waals surface area contributed by atoms with E-state index in [2.05, 4.69) is 26.0 Å². The van der Waals surface area contributed by atoms with E-state index >= 15 is 0 Å². The molecule has 0 spiro atoms. The third kappa shape index (κ3) is 5.19. The van der Waals surface area contributed by atoms with Gasteiger partial charge in [-0.3, -0.25) is 4.79 Å². The number of rotatable bonds is 7. The Hall–Kier alpha value is -1.30. The molecule has 1 saturated heterocycles. The summed E-state index contributed by atoms with van der Waals surface area (Å²) in [7, 11) is 1.67. The highest BCUT2D eigenvalue weighted by molar-refractivity contribution is 8.00. The first kappa shape index (κ1) is 21.4. The maximum Gasteiger partial charge on any atom is 0.157 e. The van der Waals surface area contributed by atoms with Crippen molar-refractivity contribution in [3.63, 3.8) is 0 Å². The van der Waals surface area contributed by atoms with Crippen molar-refractivity contribution < 1.29 is 19.0 Å². The van der Waals surface area contributed by atoms with Crippen LogP contribution in [0.5, 0.6) is 0 Å². The Balaban J connectivity index is 1.89. The molecule has 0 amide bonds. The van der Waals surface area contributed by atoms with Gasteiger partial charge in [-0.15, -0.1) is 11.8 Å². The number of benzene rings is 1. The molecule has 0 N–H and O–H groups in total. The Kier molecular flexibility index (Phi) is 7.61. The van der Waals surface area contributed by atoms with Crippen molar-refractivity contribution in [3.05, 3.63) is 42.2 Å². The lowest BCUT2D eigenvalue weighted by molar-refractivity contribution is -0.205. The predicted octanol–water partition coefficient (Wildman–Crippen LogP) is 5.37. The summed E-state index contributed by atoms with van der Waals surface area (Å²) in [6, 6.07) is 10.4. The van der Waals surface area contributed by atoms with Crippen LogP contribution in [0.1, 0.15) is 52.4 Å². The first-order valence-electron chi connectivity index (χ1n) is 10.3. The van der Waals surface area contributed by atoms with E-state index in [-0.39, 0.29) is 23.1 Å². The average molecular weight is 405 g/mol. The summed E-state index contributed by atoms with van der Waals surface area (Å²) in [6.07, 6.45) is 6.72. The van der Waals surface area contributed by atoms with Gasteiger partial charge in [0.2, 0.25) is 0 Å². The summed E-state index contributed by atoms with van der Waals surface area (Å²) >= 11 is 1.79.